The number of thioether (sulfide) groups is 1. The highest BCUT2D eigenvalue weighted by atomic mass is 32.2. The van der Waals surface area contributed by atoms with Crippen LogP contribution in [0, 0.1) is 5.82 Å². The third kappa shape index (κ3) is 3.65. The first kappa shape index (κ1) is 20.3. The van der Waals surface area contributed by atoms with E-state index in [4.69, 9.17) is 0 Å². The Morgan fingerprint density at radius 3 is 2.75 bits per heavy atom. The number of anilines is 1. The summed E-state index contributed by atoms with van der Waals surface area (Å²) in [6, 6.07) is 13.2. The van der Waals surface area contributed by atoms with Crippen LogP contribution >= 0.6 is 23.1 Å². The lowest BCUT2D eigenvalue weighted by Gasteiger charge is -2.07. The van der Waals surface area contributed by atoms with Gasteiger partial charge in [0.25, 0.3) is 5.56 Å². The smallest absolute Gasteiger partial charge is 0.262 e. The molecule has 0 aliphatic heterocycles. The van der Waals surface area contributed by atoms with Gasteiger partial charge in [-0.15, -0.1) is 21.5 Å². The highest BCUT2D eigenvalue weighted by molar-refractivity contribution is 7.99. The molecule has 0 radical (unpaired) electrons. The molecule has 0 aliphatic rings. The van der Waals surface area contributed by atoms with Crippen LogP contribution in [0.4, 0.5) is 9.52 Å². The molecule has 0 atom stereocenters. The van der Waals surface area contributed by atoms with Gasteiger partial charge in [-0.1, -0.05) is 23.9 Å². The van der Waals surface area contributed by atoms with Gasteiger partial charge in [-0.3, -0.25) is 18.6 Å². The Morgan fingerprint density at radius 1 is 1.16 bits per heavy atom. The average Bonchev–Trinajstić information content (AvgIpc) is 3.44. The molecule has 1 N–H and O–H groups in total. The lowest BCUT2D eigenvalue weighted by atomic mass is 10.2. The van der Waals surface area contributed by atoms with E-state index in [1.807, 2.05) is 12.1 Å². The molecule has 0 saturated carbocycles. The van der Waals surface area contributed by atoms with Gasteiger partial charge in [-0.25, -0.2) is 9.37 Å². The maximum absolute atomic E-state index is 13.1. The van der Waals surface area contributed by atoms with Crippen LogP contribution in [0.3, 0.4) is 0 Å². The summed E-state index contributed by atoms with van der Waals surface area (Å²) >= 11 is 2.51. The second-order valence-corrected chi connectivity index (χ2v) is 8.68. The predicted molar refractivity (Wildman–Crippen MR) is 123 cm³/mol. The monoisotopic (exact) mass is 466 g/mol. The van der Waals surface area contributed by atoms with Crippen molar-refractivity contribution in [2.24, 2.45) is 7.05 Å². The van der Waals surface area contributed by atoms with Crippen LogP contribution in [0.25, 0.3) is 27.9 Å². The number of hydrogen-bond acceptors (Lipinski definition) is 7. The van der Waals surface area contributed by atoms with Gasteiger partial charge in [0.1, 0.15) is 5.82 Å². The van der Waals surface area contributed by atoms with Gasteiger partial charge < -0.3 is 5.32 Å². The molecule has 5 aromatic rings. The van der Waals surface area contributed by atoms with E-state index in [0.717, 1.165) is 5.56 Å². The van der Waals surface area contributed by atoms with Crippen molar-refractivity contribution in [3.05, 3.63) is 70.1 Å². The number of aryl methyl sites for hydroxylation is 1. The Hall–Kier alpha value is -3.57. The van der Waals surface area contributed by atoms with Crippen LogP contribution < -0.4 is 10.9 Å². The topological polar surface area (TPSA) is 94.2 Å². The van der Waals surface area contributed by atoms with E-state index in [1.54, 1.807) is 41.1 Å². The molecule has 32 heavy (non-hydrogen) atoms. The fourth-order valence-electron chi connectivity index (χ4n) is 3.27. The molecule has 11 heteroatoms. The van der Waals surface area contributed by atoms with Crippen molar-refractivity contribution in [1.29, 1.82) is 0 Å². The van der Waals surface area contributed by atoms with E-state index in [2.05, 4.69) is 20.5 Å². The molecule has 0 bridgehead atoms. The summed E-state index contributed by atoms with van der Waals surface area (Å²) in [7, 11) is 1.64. The van der Waals surface area contributed by atoms with Gasteiger partial charge >= 0.3 is 0 Å². The van der Waals surface area contributed by atoms with Gasteiger partial charge in [0.2, 0.25) is 11.7 Å². The first-order valence-electron chi connectivity index (χ1n) is 9.48. The number of amides is 1. The fraction of sp³-hybridized carbons (Fsp3) is 0.0952. The van der Waals surface area contributed by atoms with Gasteiger partial charge in [-0.2, -0.15) is 0 Å². The Kier molecular flexibility index (Phi) is 5.19. The van der Waals surface area contributed by atoms with E-state index in [1.165, 1.54) is 39.8 Å². The zero-order valence-electron chi connectivity index (χ0n) is 16.7. The second-order valence-electron chi connectivity index (χ2n) is 6.88. The minimum atomic E-state index is -0.316. The molecule has 160 valence electrons. The number of aromatic nitrogens is 5. The summed E-state index contributed by atoms with van der Waals surface area (Å²) in [5, 5.41) is 14.4. The van der Waals surface area contributed by atoms with E-state index in [-0.39, 0.29) is 23.0 Å². The number of fused-ring (bicyclic) bond motifs is 3. The minimum Gasteiger partial charge on any atom is -0.301 e. The first-order valence-corrected chi connectivity index (χ1v) is 11.3. The summed E-state index contributed by atoms with van der Waals surface area (Å²) in [6.45, 7) is 0. The fourth-order valence-corrected chi connectivity index (χ4v) is 4.75. The molecule has 0 aliphatic carbocycles. The molecule has 3 heterocycles. The first-order chi connectivity index (χ1) is 15.5. The SMILES string of the molecule is Cn1c(=O)c2ccccc2n2c(SCC(=O)Nc3nc(-c4ccc(F)cc4)cs3)nnc12. The summed E-state index contributed by atoms with van der Waals surface area (Å²) in [6.07, 6.45) is 0. The third-order valence-electron chi connectivity index (χ3n) is 4.82. The molecular weight excluding hydrogens is 451 g/mol. The molecule has 3 aromatic heterocycles. The number of thiazole rings is 1. The highest BCUT2D eigenvalue weighted by Crippen LogP contribution is 2.26. The van der Waals surface area contributed by atoms with Crippen molar-refractivity contribution in [2.45, 2.75) is 5.16 Å². The molecule has 0 unspecified atom stereocenters. The number of para-hydroxylation sites is 1. The van der Waals surface area contributed by atoms with Gasteiger partial charge in [0.05, 0.1) is 22.3 Å². The van der Waals surface area contributed by atoms with Crippen LogP contribution in [0.1, 0.15) is 0 Å². The predicted octanol–water partition coefficient (Wildman–Crippen LogP) is 3.57. The molecular formula is C21H15FN6O2S2. The molecule has 8 nitrogen and oxygen atoms in total. The largest absolute Gasteiger partial charge is 0.301 e. The lowest BCUT2D eigenvalue weighted by Crippen LogP contribution is -2.20. The van der Waals surface area contributed by atoms with Crippen molar-refractivity contribution in [3.8, 4) is 11.3 Å². The van der Waals surface area contributed by atoms with E-state index < -0.39 is 0 Å². The van der Waals surface area contributed by atoms with Crippen molar-refractivity contribution in [2.75, 3.05) is 11.1 Å². The van der Waals surface area contributed by atoms with Crippen LogP contribution in [-0.4, -0.2) is 35.8 Å². The Morgan fingerprint density at radius 2 is 1.94 bits per heavy atom. The van der Waals surface area contributed by atoms with Crippen molar-refractivity contribution >= 4 is 50.8 Å². The van der Waals surface area contributed by atoms with Crippen LogP contribution in [0.5, 0.6) is 0 Å². The molecule has 0 fully saturated rings. The summed E-state index contributed by atoms with van der Waals surface area (Å²) in [4.78, 5) is 29.4. The van der Waals surface area contributed by atoms with Crippen LogP contribution in [0.2, 0.25) is 0 Å². The summed E-state index contributed by atoms with van der Waals surface area (Å²) < 4.78 is 16.3. The Balaban J connectivity index is 1.34. The Bertz CT molecular complexity index is 1520. The molecule has 0 saturated heterocycles. The van der Waals surface area contributed by atoms with Crippen molar-refractivity contribution in [1.82, 2.24) is 24.1 Å². The Labute approximate surface area is 188 Å². The van der Waals surface area contributed by atoms with Crippen LogP contribution in [-0.2, 0) is 11.8 Å². The molecule has 0 spiro atoms. The number of carbonyl (C=O) groups is 1. The van der Waals surface area contributed by atoms with Crippen molar-refractivity contribution in [3.63, 3.8) is 0 Å². The second kappa shape index (κ2) is 8.17. The summed E-state index contributed by atoms with van der Waals surface area (Å²) in [5.41, 5.74) is 1.96. The zero-order valence-corrected chi connectivity index (χ0v) is 18.3. The third-order valence-corrected chi connectivity index (χ3v) is 6.51. The molecule has 5 rings (SSSR count). The van der Waals surface area contributed by atoms with Gasteiger partial charge in [0.15, 0.2) is 10.3 Å². The number of hydrogen-bond donors (Lipinski definition) is 1. The maximum Gasteiger partial charge on any atom is 0.262 e. The number of rotatable bonds is 5. The number of nitrogens with zero attached hydrogens (tertiary/aromatic N) is 5. The average molecular weight is 467 g/mol. The van der Waals surface area contributed by atoms with E-state index in [9.17, 15) is 14.0 Å². The number of nitrogens with one attached hydrogen (secondary N) is 1. The standard InChI is InChI=1S/C21H15FN6O2S2/c1-27-18(30)14-4-2-3-5-16(14)28-20(27)25-26-21(28)32-11-17(29)24-19-23-15(10-31-19)12-6-8-13(22)9-7-12/h2-10H,11H2,1H3,(H,23,24,29). The summed E-state index contributed by atoms with van der Waals surface area (Å²) in [5.74, 6) is -0.0756. The highest BCUT2D eigenvalue weighted by Gasteiger charge is 2.16. The van der Waals surface area contributed by atoms with E-state index in [0.29, 0.717) is 32.7 Å². The number of halogens is 1. The number of benzene rings is 2. The molecule has 2 aromatic carbocycles. The van der Waals surface area contributed by atoms with Gasteiger partial charge in [0, 0.05) is 18.0 Å². The normalized spacial score (nSPS) is 11.3. The molecule has 1 amide bonds. The van der Waals surface area contributed by atoms with Crippen molar-refractivity contribution < 1.29 is 9.18 Å². The van der Waals surface area contributed by atoms with Gasteiger partial charge in [-0.05, 0) is 36.4 Å². The maximum atomic E-state index is 13.1. The zero-order chi connectivity index (χ0) is 22.2. The number of carbonyl (C=O) groups excluding carboxylic acids is 1. The van der Waals surface area contributed by atoms with Crippen LogP contribution in [0.15, 0.2) is 63.9 Å². The lowest BCUT2D eigenvalue weighted by molar-refractivity contribution is -0.113. The van der Waals surface area contributed by atoms with E-state index >= 15 is 0 Å². The minimum absolute atomic E-state index is 0.0867. The quantitative estimate of drug-likeness (QED) is 0.398.